The molecule has 2 saturated heterocycles. The summed E-state index contributed by atoms with van der Waals surface area (Å²) in [5, 5.41) is 3.29. The predicted octanol–water partition coefficient (Wildman–Crippen LogP) is 0.392. The van der Waals surface area contributed by atoms with E-state index in [0.717, 1.165) is 39.0 Å². The first-order valence-electron chi connectivity index (χ1n) is 6.97. The number of ether oxygens (including phenoxy) is 2. The van der Waals surface area contributed by atoms with Gasteiger partial charge in [0.1, 0.15) is 6.61 Å². The molecule has 2 rings (SSSR count). The Kier molecular flexibility index (Phi) is 5.41. The van der Waals surface area contributed by atoms with Crippen molar-refractivity contribution in [3.05, 3.63) is 0 Å². The fourth-order valence-corrected chi connectivity index (χ4v) is 2.48. The minimum absolute atomic E-state index is 0.0721. The molecular weight excluding hydrogens is 232 g/mol. The maximum Gasteiger partial charge on any atom is 0.248 e. The molecule has 5 heteroatoms. The third-order valence-corrected chi connectivity index (χ3v) is 3.47. The van der Waals surface area contributed by atoms with E-state index in [1.807, 2.05) is 11.8 Å². The summed E-state index contributed by atoms with van der Waals surface area (Å²) in [4.78, 5) is 13.8. The first-order chi connectivity index (χ1) is 8.75. The maximum absolute atomic E-state index is 11.8. The van der Waals surface area contributed by atoms with Gasteiger partial charge in [0.2, 0.25) is 5.91 Å². The summed E-state index contributed by atoms with van der Waals surface area (Å²) in [6.45, 7) is 6.20. The fraction of sp³-hybridized carbons (Fsp3) is 0.923. The molecule has 2 heterocycles. The largest absolute Gasteiger partial charge is 0.370 e. The standard InChI is InChI=1S/C13H24N2O3/c1-11-7-14-8-12(18-11)9-17-10-13(16)15-5-3-2-4-6-15/h11-12,14H,2-10H2,1H3. The minimum atomic E-state index is 0.0721. The second-order valence-electron chi connectivity index (χ2n) is 5.18. The van der Waals surface area contributed by atoms with Gasteiger partial charge in [-0.3, -0.25) is 4.79 Å². The summed E-state index contributed by atoms with van der Waals surface area (Å²) < 4.78 is 11.2. The van der Waals surface area contributed by atoms with Crippen LogP contribution in [0.15, 0.2) is 0 Å². The summed E-state index contributed by atoms with van der Waals surface area (Å²) in [7, 11) is 0. The monoisotopic (exact) mass is 256 g/mol. The quantitative estimate of drug-likeness (QED) is 0.790. The van der Waals surface area contributed by atoms with Crippen LogP contribution >= 0.6 is 0 Å². The number of nitrogens with one attached hydrogen (secondary N) is 1. The summed E-state index contributed by atoms with van der Waals surface area (Å²) in [5.74, 6) is 0.117. The van der Waals surface area contributed by atoms with Crippen LogP contribution in [0.25, 0.3) is 0 Å². The molecule has 1 amide bonds. The number of morpholine rings is 1. The lowest BCUT2D eigenvalue weighted by atomic mass is 10.1. The second kappa shape index (κ2) is 7.07. The molecule has 2 aliphatic heterocycles. The number of nitrogens with zero attached hydrogens (tertiary/aromatic N) is 1. The Morgan fingerprint density at radius 2 is 2.11 bits per heavy atom. The van der Waals surface area contributed by atoms with Crippen LogP contribution in [0.5, 0.6) is 0 Å². The molecule has 0 spiro atoms. The third-order valence-electron chi connectivity index (χ3n) is 3.47. The van der Waals surface area contributed by atoms with Gasteiger partial charge in [0.05, 0.1) is 18.8 Å². The molecule has 0 aromatic carbocycles. The number of piperidine rings is 1. The Morgan fingerprint density at radius 1 is 1.33 bits per heavy atom. The Bertz CT molecular complexity index is 267. The second-order valence-corrected chi connectivity index (χ2v) is 5.18. The molecule has 0 aromatic heterocycles. The number of rotatable bonds is 4. The van der Waals surface area contributed by atoms with Crippen LogP contribution in [0.4, 0.5) is 0 Å². The van der Waals surface area contributed by atoms with Crippen LogP contribution in [0.2, 0.25) is 0 Å². The zero-order valence-electron chi connectivity index (χ0n) is 11.2. The highest BCUT2D eigenvalue weighted by molar-refractivity contribution is 5.77. The number of amides is 1. The molecule has 5 nitrogen and oxygen atoms in total. The SMILES string of the molecule is CC1CNCC(COCC(=O)N2CCCCC2)O1. The molecule has 0 radical (unpaired) electrons. The Balaban J connectivity index is 1.60. The van der Waals surface area contributed by atoms with Gasteiger partial charge in [-0.15, -0.1) is 0 Å². The zero-order chi connectivity index (χ0) is 12.8. The topological polar surface area (TPSA) is 50.8 Å². The lowest BCUT2D eigenvalue weighted by Gasteiger charge is -2.29. The van der Waals surface area contributed by atoms with Crippen LogP contribution < -0.4 is 5.32 Å². The van der Waals surface area contributed by atoms with E-state index in [2.05, 4.69) is 5.32 Å². The van der Waals surface area contributed by atoms with Crippen molar-refractivity contribution >= 4 is 5.91 Å². The van der Waals surface area contributed by atoms with E-state index in [-0.39, 0.29) is 24.7 Å². The van der Waals surface area contributed by atoms with E-state index in [0.29, 0.717) is 6.61 Å². The Morgan fingerprint density at radius 3 is 2.83 bits per heavy atom. The summed E-state index contributed by atoms with van der Waals surface area (Å²) in [6, 6.07) is 0. The van der Waals surface area contributed by atoms with E-state index in [1.165, 1.54) is 6.42 Å². The molecule has 0 aromatic rings. The van der Waals surface area contributed by atoms with Crippen molar-refractivity contribution in [3.63, 3.8) is 0 Å². The average Bonchev–Trinajstić information content (AvgIpc) is 2.40. The number of hydrogen-bond donors (Lipinski definition) is 1. The van der Waals surface area contributed by atoms with Crippen LogP contribution in [0, 0.1) is 0 Å². The van der Waals surface area contributed by atoms with Crippen molar-refractivity contribution in [1.29, 1.82) is 0 Å². The van der Waals surface area contributed by atoms with Gasteiger partial charge >= 0.3 is 0 Å². The van der Waals surface area contributed by atoms with Crippen molar-refractivity contribution in [2.45, 2.75) is 38.4 Å². The third kappa shape index (κ3) is 4.23. The van der Waals surface area contributed by atoms with Crippen LogP contribution in [0.3, 0.4) is 0 Å². The molecule has 2 fully saturated rings. The van der Waals surface area contributed by atoms with Crippen LogP contribution in [-0.4, -0.2) is 62.4 Å². The zero-order valence-corrected chi connectivity index (χ0v) is 11.2. The molecule has 0 saturated carbocycles. The Hall–Kier alpha value is -0.650. The van der Waals surface area contributed by atoms with Crippen molar-refractivity contribution in [3.8, 4) is 0 Å². The number of likely N-dealkylation sites (tertiary alicyclic amines) is 1. The minimum Gasteiger partial charge on any atom is -0.370 e. The highest BCUT2D eigenvalue weighted by atomic mass is 16.5. The Labute approximate surface area is 109 Å². The number of carbonyl (C=O) groups excluding carboxylic acids is 1. The van der Waals surface area contributed by atoms with Gasteiger partial charge in [-0.2, -0.15) is 0 Å². The fourth-order valence-electron chi connectivity index (χ4n) is 2.48. The molecular formula is C13H24N2O3. The lowest BCUT2D eigenvalue weighted by molar-refractivity contribution is -0.139. The van der Waals surface area contributed by atoms with Crippen molar-refractivity contribution in [2.75, 3.05) is 39.4 Å². The molecule has 104 valence electrons. The van der Waals surface area contributed by atoms with Gasteiger partial charge in [0.25, 0.3) is 0 Å². The highest BCUT2D eigenvalue weighted by Gasteiger charge is 2.20. The van der Waals surface area contributed by atoms with Crippen molar-refractivity contribution in [1.82, 2.24) is 10.2 Å². The number of hydrogen-bond acceptors (Lipinski definition) is 4. The molecule has 2 atom stereocenters. The van der Waals surface area contributed by atoms with Crippen LogP contribution in [0.1, 0.15) is 26.2 Å². The molecule has 0 bridgehead atoms. The van der Waals surface area contributed by atoms with E-state index in [4.69, 9.17) is 9.47 Å². The lowest BCUT2D eigenvalue weighted by Crippen LogP contribution is -2.46. The van der Waals surface area contributed by atoms with Crippen LogP contribution in [-0.2, 0) is 14.3 Å². The van der Waals surface area contributed by atoms with E-state index in [9.17, 15) is 4.79 Å². The first kappa shape index (κ1) is 13.8. The van der Waals surface area contributed by atoms with Crippen molar-refractivity contribution < 1.29 is 14.3 Å². The van der Waals surface area contributed by atoms with E-state index >= 15 is 0 Å². The van der Waals surface area contributed by atoms with E-state index < -0.39 is 0 Å². The molecule has 2 unspecified atom stereocenters. The van der Waals surface area contributed by atoms with Gasteiger partial charge < -0.3 is 19.7 Å². The van der Waals surface area contributed by atoms with Gasteiger partial charge in [-0.25, -0.2) is 0 Å². The van der Waals surface area contributed by atoms with Gasteiger partial charge in [-0.1, -0.05) is 0 Å². The molecule has 0 aliphatic carbocycles. The average molecular weight is 256 g/mol. The molecule has 1 N–H and O–H groups in total. The predicted molar refractivity (Wildman–Crippen MR) is 68.5 cm³/mol. The van der Waals surface area contributed by atoms with E-state index in [1.54, 1.807) is 0 Å². The normalized spacial score (nSPS) is 29.3. The maximum atomic E-state index is 11.8. The number of carbonyl (C=O) groups is 1. The van der Waals surface area contributed by atoms with Crippen molar-refractivity contribution in [2.24, 2.45) is 0 Å². The summed E-state index contributed by atoms with van der Waals surface area (Å²) in [6.07, 6.45) is 3.79. The highest BCUT2D eigenvalue weighted by Crippen LogP contribution is 2.09. The molecule has 2 aliphatic rings. The van der Waals surface area contributed by atoms with Gasteiger partial charge in [-0.05, 0) is 26.2 Å². The summed E-state index contributed by atoms with van der Waals surface area (Å²) in [5.41, 5.74) is 0. The first-order valence-corrected chi connectivity index (χ1v) is 6.97. The smallest absolute Gasteiger partial charge is 0.248 e. The summed E-state index contributed by atoms with van der Waals surface area (Å²) >= 11 is 0. The van der Waals surface area contributed by atoms with Gasteiger partial charge in [0.15, 0.2) is 0 Å². The van der Waals surface area contributed by atoms with Gasteiger partial charge in [0, 0.05) is 26.2 Å². The molecule has 18 heavy (non-hydrogen) atoms.